The van der Waals surface area contributed by atoms with Gasteiger partial charge in [0.15, 0.2) is 0 Å². The van der Waals surface area contributed by atoms with E-state index in [4.69, 9.17) is 5.11 Å². The normalized spacial score (nSPS) is 17.8. The van der Waals surface area contributed by atoms with Gasteiger partial charge in [0.1, 0.15) is 5.69 Å². The molecule has 0 saturated carbocycles. The van der Waals surface area contributed by atoms with Crippen LogP contribution in [0.4, 0.5) is 0 Å². The highest BCUT2D eigenvalue weighted by Crippen LogP contribution is 2.07. The van der Waals surface area contributed by atoms with E-state index in [1.807, 2.05) is 0 Å². The molecule has 7 nitrogen and oxygen atoms in total. The molecular formula is C12H20N4O3. The van der Waals surface area contributed by atoms with Gasteiger partial charge in [0.2, 0.25) is 0 Å². The van der Waals surface area contributed by atoms with Gasteiger partial charge in [-0.25, -0.2) is 9.59 Å². The number of imidazole rings is 1. The van der Waals surface area contributed by atoms with Gasteiger partial charge in [0.05, 0.1) is 5.69 Å². The molecule has 7 heteroatoms. The lowest BCUT2D eigenvalue weighted by atomic mass is 10.2. The third-order valence-corrected chi connectivity index (χ3v) is 3.70. The summed E-state index contributed by atoms with van der Waals surface area (Å²) < 4.78 is 1.39. The lowest BCUT2D eigenvalue weighted by Gasteiger charge is -2.32. The van der Waals surface area contributed by atoms with Crippen LogP contribution >= 0.6 is 0 Å². The maximum absolute atomic E-state index is 11.5. The van der Waals surface area contributed by atoms with Gasteiger partial charge in [-0.3, -0.25) is 9.55 Å². The number of aromatic amines is 1. The minimum Gasteiger partial charge on any atom is -0.477 e. The summed E-state index contributed by atoms with van der Waals surface area (Å²) in [6.45, 7) is 4.80. The molecule has 0 spiro atoms. The van der Waals surface area contributed by atoms with Crippen molar-refractivity contribution in [1.29, 1.82) is 0 Å². The summed E-state index contributed by atoms with van der Waals surface area (Å²) in [7, 11) is 3.69. The lowest BCUT2D eigenvalue weighted by Crippen LogP contribution is -2.45. The van der Waals surface area contributed by atoms with Crippen LogP contribution in [0.15, 0.2) is 4.79 Å². The topological polar surface area (TPSA) is 81.6 Å². The Bertz CT molecular complexity index is 512. The number of rotatable bonds is 4. The van der Waals surface area contributed by atoms with E-state index in [0.717, 1.165) is 32.7 Å². The first-order valence-electron chi connectivity index (χ1n) is 6.41. The largest absolute Gasteiger partial charge is 0.477 e. The second kappa shape index (κ2) is 5.58. The van der Waals surface area contributed by atoms with Crippen molar-refractivity contribution in [2.24, 2.45) is 7.05 Å². The molecule has 0 aromatic carbocycles. The van der Waals surface area contributed by atoms with E-state index in [2.05, 4.69) is 21.8 Å². The zero-order valence-electron chi connectivity index (χ0n) is 11.3. The predicted octanol–water partition coefficient (Wildman–Crippen LogP) is -0.798. The van der Waals surface area contributed by atoms with Crippen molar-refractivity contribution in [1.82, 2.24) is 19.4 Å². The van der Waals surface area contributed by atoms with Crippen molar-refractivity contribution in [3.05, 3.63) is 21.9 Å². The molecule has 106 valence electrons. The SMILES string of the molecule is CN1CCN(CCc2c(C(=O)O)[nH]c(=O)n2C)CC1. The van der Waals surface area contributed by atoms with E-state index < -0.39 is 5.97 Å². The fourth-order valence-corrected chi connectivity index (χ4v) is 2.36. The maximum Gasteiger partial charge on any atom is 0.354 e. The van der Waals surface area contributed by atoms with Crippen LogP contribution < -0.4 is 5.69 Å². The third-order valence-electron chi connectivity index (χ3n) is 3.70. The molecule has 1 saturated heterocycles. The van der Waals surface area contributed by atoms with Gasteiger partial charge < -0.3 is 14.9 Å². The van der Waals surface area contributed by atoms with Gasteiger partial charge in [0.25, 0.3) is 0 Å². The third kappa shape index (κ3) is 3.05. The smallest absolute Gasteiger partial charge is 0.354 e. The lowest BCUT2D eigenvalue weighted by molar-refractivity contribution is 0.0689. The molecule has 0 unspecified atom stereocenters. The Morgan fingerprint density at radius 3 is 2.47 bits per heavy atom. The molecule has 1 aromatic heterocycles. The number of nitrogens with one attached hydrogen (secondary N) is 1. The molecule has 0 bridgehead atoms. The Kier molecular flexibility index (Phi) is 4.06. The molecule has 2 rings (SSSR count). The van der Waals surface area contributed by atoms with Gasteiger partial charge >= 0.3 is 11.7 Å². The van der Waals surface area contributed by atoms with E-state index in [-0.39, 0.29) is 11.4 Å². The Labute approximate surface area is 111 Å². The van der Waals surface area contributed by atoms with E-state index >= 15 is 0 Å². The number of H-pyrrole nitrogens is 1. The fraction of sp³-hybridized carbons (Fsp3) is 0.667. The Morgan fingerprint density at radius 1 is 1.26 bits per heavy atom. The van der Waals surface area contributed by atoms with Crippen LogP contribution in [-0.4, -0.2) is 70.2 Å². The summed E-state index contributed by atoms with van der Waals surface area (Å²) >= 11 is 0. The zero-order valence-corrected chi connectivity index (χ0v) is 11.3. The van der Waals surface area contributed by atoms with E-state index in [9.17, 15) is 9.59 Å². The number of aromatic nitrogens is 2. The summed E-state index contributed by atoms with van der Waals surface area (Å²) in [6.07, 6.45) is 0.570. The first-order chi connectivity index (χ1) is 8.99. The van der Waals surface area contributed by atoms with Crippen LogP contribution in [0.3, 0.4) is 0 Å². The molecule has 1 fully saturated rings. The quantitative estimate of drug-likeness (QED) is 0.747. The zero-order chi connectivity index (χ0) is 14.0. The van der Waals surface area contributed by atoms with E-state index in [1.54, 1.807) is 7.05 Å². The Morgan fingerprint density at radius 2 is 1.89 bits per heavy atom. The van der Waals surface area contributed by atoms with Crippen LogP contribution in [0.1, 0.15) is 16.2 Å². The summed E-state index contributed by atoms with van der Waals surface area (Å²) in [4.78, 5) is 29.5. The van der Waals surface area contributed by atoms with E-state index in [0.29, 0.717) is 12.1 Å². The second-order valence-electron chi connectivity index (χ2n) is 5.01. The molecule has 0 aliphatic carbocycles. The molecule has 2 heterocycles. The summed E-state index contributed by atoms with van der Waals surface area (Å²) in [5.41, 5.74) is 0.212. The van der Waals surface area contributed by atoms with Crippen LogP contribution in [0, 0.1) is 0 Å². The minimum atomic E-state index is -1.08. The minimum absolute atomic E-state index is 0.0154. The van der Waals surface area contributed by atoms with Crippen LogP contribution in [0.2, 0.25) is 0 Å². The maximum atomic E-state index is 11.5. The molecule has 0 amide bonds. The molecular weight excluding hydrogens is 248 g/mol. The number of carbonyl (C=O) groups is 1. The predicted molar refractivity (Wildman–Crippen MR) is 70.6 cm³/mol. The summed E-state index contributed by atoms with van der Waals surface area (Å²) in [5, 5.41) is 9.07. The van der Waals surface area contributed by atoms with Crippen molar-refractivity contribution in [3.63, 3.8) is 0 Å². The number of hydrogen-bond acceptors (Lipinski definition) is 4. The van der Waals surface area contributed by atoms with Crippen molar-refractivity contribution in [3.8, 4) is 0 Å². The number of carboxylic acid groups (broad SMARTS) is 1. The number of aromatic carboxylic acids is 1. The van der Waals surface area contributed by atoms with Crippen molar-refractivity contribution < 1.29 is 9.90 Å². The second-order valence-corrected chi connectivity index (χ2v) is 5.01. The molecule has 0 atom stereocenters. The first kappa shape index (κ1) is 13.8. The van der Waals surface area contributed by atoms with E-state index in [1.165, 1.54) is 4.57 Å². The molecule has 1 aromatic rings. The summed E-state index contributed by atoms with van der Waals surface area (Å²) in [5.74, 6) is -1.08. The summed E-state index contributed by atoms with van der Waals surface area (Å²) in [6, 6.07) is 0. The first-order valence-corrected chi connectivity index (χ1v) is 6.41. The Hall–Kier alpha value is -1.60. The van der Waals surface area contributed by atoms with Gasteiger partial charge in [0, 0.05) is 46.2 Å². The van der Waals surface area contributed by atoms with Crippen LogP contribution in [0.25, 0.3) is 0 Å². The molecule has 19 heavy (non-hydrogen) atoms. The van der Waals surface area contributed by atoms with Crippen molar-refractivity contribution in [2.45, 2.75) is 6.42 Å². The molecule has 1 aliphatic heterocycles. The van der Waals surface area contributed by atoms with Crippen molar-refractivity contribution in [2.75, 3.05) is 39.8 Å². The highest BCUT2D eigenvalue weighted by atomic mass is 16.4. The number of hydrogen-bond donors (Lipinski definition) is 2. The highest BCUT2D eigenvalue weighted by Gasteiger charge is 2.19. The van der Waals surface area contributed by atoms with Crippen LogP contribution in [-0.2, 0) is 13.5 Å². The molecule has 2 N–H and O–H groups in total. The number of carboxylic acids is 1. The van der Waals surface area contributed by atoms with Gasteiger partial charge in [-0.05, 0) is 7.05 Å². The average molecular weight is 268 g/mol. The highest BCUT2D eigenvalue weighted by molar-refractivity contribution is 5.86. The standard InChI is InChI=1S/C12H20N4O3/c1-14-5-7-16(8-6-14)4-3-9-10(11(17)18)13-12(19)15(9)2/h3-8H2,1-2H3,(H,13,19)(H,17,18). The molecule has 1 aliphatic rings. The van der Waals surface area contributed by atoms with Gasteiger partial charge in [-0.2, -0.15) is 0 Å². The molecule has 0 radical (unpaired) electrons. The van der Waals surface area contributed by atoms with Crippen molar-refractivity contribution >= 4 is 5.97 Å². The number of likely N-dealkylation sites (N-methyl/N-ethyl adjacent to an activating group) is 1. The van der Waals surface area contributed by atoms with Gasteiger partial charge in [-0.1, -0.05) is 0 Å². The monoisotopic (exact) mass is 268 g/mol. The number of nitrogens with zero attached hydrogens (tertiary/aromatic N) is 3. The Balaban J connectivity index is 2.03. The fourth-order valence-electron chi connectivity index (χ4n) is 2.36. The van der Waals surface area contributed by atoms with Crippen LogP contribution in [0.5, 0.6) is 0 Å². The average Bonchev–Trinajstić information content (AvgIpc) is 2.66. The van der Waals surface area contributed by atoms with Gasteiger partial charge in [-0.15, -0.1) is 0 Å². The number of piperazine rings is 1.